The van der Waals surface area contributed by atoms with Gasteiger partial charge in [0.25, 0.3) is 0 Å². The Morgan fingerprint density at radius 2 is 2.00 bits per heavy atom. The van der Waals surface area contributed by atoms with Gasteiger partial charge in [0.1, 0.15) is 0 Å². The highest BCUT2D eigenvalue weighted by molar-refractivity contribution is 6.35. The number of aliphatic hydroxyl groups excluding tert-OH is 1. The fourth-order valence-electron chi connectivity index (χ4n) is 2.37. The molecule has 6 heteroatoms. The number of nitrogens with two attached hydrogens (primary N) is 1. The summed E-state index contributed by atoms with van der Waals surface area (Å²) in [6.45, 7) is 4.09. The number of nitrogens with one attached hydrogen (secondary N) is 1. The topological polar surface area (TPSA) is 70.6 Å². The van der Waals surface area contributed by atoms with Crippen LogP contribution in [-0.2, 0) is 0 Å². The van der Waals surface area contributed by atoms with Gasteiger partial charge in [-0.2, -0.15) is 0 Å². The number of aliphatic imine (C=N–C) groups is 1. The first-order valence-corrected chi connectivity index (χ1v) is 8.38. The molecule has 0 saturated carbocycles. The van der Waals surface area contributed by atoms with Gasteiger partial charge in [0.15, 0.2) is 5.96 Å². The van der Waals surface area contributed by atoms with E-state index in [-0.39, 0.29) is 18.5 Å². The van der Waals surface area contributed by atoms with Crippen molar-refractivity contribution in [2.75, 3.05) is 6.54 Å². The zero-order valence-corrected chi connectivity index (χ0v) is 15.1. The Kier molecular flexibility index (Phi) is 6.49. The number of nitrogens with zero attached hydrogens (tertiary/aromatic N) is 1. The third-order valence-corrected chi connectivity index (χ3v) is 4.22. The fraction of sp³-hybridized carbons (Fsp3) is 0.278. The van der Waals surface area contributed by atoms with E-state index in [0.717, 1.165) is 16.7 Å². The molecule has 0 aliphatic carbocycles. The number of rotatable bonds is 5. The molecule has 0 aliphatic heterocycles. The van der Waals surface area contributed by atoms with Crippen LogP contribution in [-0.4, -0.2) is 17.6 Å². The van der Waals surface area contributed by atoms with E-state index in [1.165, 1.54) is 0 Å². The second kappa shape index (κ2) is 8.38. The van der Waals surface area contributed by atoms with Crippen molar-refractivity contribution in [1.29, 1.82) is 0 Å². The van der Waals surface area contributed by atoms with Crippen molar-refractivity contribution in [2.45, 2.75) is 26.0 Å². The first-order valence-electron chi connectivity index (χ1n) is 7.63. The first-order chi connectivity index (χ1) is 11.4. The van der Waals surface area contributed by atoms with Crippen molar-refractivity contribution in [3.8, 4) is 0 Å². The minimum absolute atomic E-state index is 0.130. The van der Waals surface area contributed by atoms with Crippen LogP contribution in [0.2, 0.25) is 10.0 Å². The summed E-state index contributed by atoms with van der Waals surface area (Å²) in [6, 6.07) is 12.9. The lowest BCUT2D eigenvalue weighted by atomic mass is 10.1. The van der Waals surface area contributed by atoms with Crippen LogP contribution in [0.15, 0.2) is 47.5 Å². The third-order valence-electron chi connectivity index (χ3n) is 3.65. The minimum Gasteiger partial charge on any atom is -0.386 e. The Hall–Kier alpha value is -1.75. The predicted octanol–water partition coefficient (Wildman–Crippen LogP) is 4.00. The Morgan fingerprint density at radius 1 is 1.25 bits per heavy atom. The number of benzene rings is 2. The molecule has 0 aliphatic rings. The molecule has 0 heterocycles. The van der Waals surface area contributed by atoms with Gasteiger partial charge in [-0.15, -0.1) is 0 Å². The number of hydrogen-bond acceptors (Lipinski definition) is 2. The SMILES string of the molecule is Cc1cccc(C(O)CN=C(N)NC(C)c2ccc(Cl)cc2Cl)c1. The number of aryl methyl sites for hydroxylation is 1. The van der Waals surface area contributed by atoms with E-state index in [1.54, 1.807) is 12.1 Å². The average Bonchev–Trinajstić information content (AvgIpc) is 2.52. The Balaban J connectivity index is 1.98. The highest BCUT2D eigenvalue weighted by Crippen LogP contribution is 2.26. The summed E-state index contributed by atoms with van der Waals surface area (Å²) in [4.78, 5) is 4.21. The lowest BCUT2D eigenvalue weighted by Gasteiger charge is -2.17. The summed E-state index contributed by atoms with van der Waals surface area (Å²) in [6.07, 6.45) is -0.695. The summed E-state index contributed by atoms with van der Waals surface area (Å²) >= 11 is 12.1. The molecule has 0 bridgehead atoms. The maximum absolute atomic E-state index is 10.2. The van der Waals surface area contributed by atoms with Gasteiger partial charge in [0, 0.05) is 10.0 Å². The fourth-order valence-corrected chi connectivity index (χ4v) is 2.94. The van der Waals surface area contributed by atoms with Gasteiger partial charge in [-0.3, -0.25) is 4.99 Å². The van der Waals surface area contributed by atoms with Crippen LogP contribution in [0.25, 0.3) is 0 Å². The lowest BCUT2D eigenvalue weighted by Crippen LogP contribution is -2.34. The van der Waals surface area contributed by atoms with Crippen molar-refractivity contribution in [1.82, 2.24) is 5.32 Å². The van der Waals surface area contributed by atoms with Crippen LogP contribution in [0.5, 0.6) is 0 Å². The largest absolute Gasteiger partial charge is 0.386 e. The van der Waals surface area contributed by atoms with E-state index in [1.807, 2.05) is 44.2 Å². The maximum Gasteiger partial charge on any atom is 0.189 e. The van der Waals surface area contributed by atoms with Gasteiger partial charge in [-0.25, -0.2) is 0 Å². The quantitative estimate of drug-likeness (QED) is 0.553. The molecule has 0 fully saturated rings. The molecule has 24 heavy (non-hydrogen) atoms. The van der Waals surface area contributed by atoms with E-state index >= 15 is 0 Å². The van der Waals surface area contributed by atoms with Crippen LogP contribution < -0.4 is 11.1 Å². The molecule has 2 atom stereocenters. The molecule has 0 spiro atoms. The smallest absolute Gasteiger partial charge is 0.189 e. The normalized spacial score (nSPS) is 14.3. The molecule has 2 aromatic rings. The van der Waals surface area contributed by atoms with Gasteiger partial charge >= 0.3 is 0 Å². The van der Waals surface area contributed by atoms with Crippen LogP contribution in [0.1, 0.15) is 35.8 Å². The number of guanidine groups is 1. The van der Waals surface area contributed by atoms with Crippen LogP contribution >= 0.6 is 23.2 Å². The van der Waals surface area contributed by atoms with E-state index < -0.39 is 6.10 Å². The molecule has 0 radical (unpaired) electrons. The van der Waals surface area contributed by atoms with Gasteiger partial charge in [0.05, 0.1) is 18.7 Å². The second-order valence-electron chi connectivity index (χ2n) is 5.69. The van der Waals surface area contributed by atoms with Crippen molar-refractivity contribution >= 4 is 29.2 Å². The molecule has 0 amide bonds. The maximum atomic E-state index is 10.2. The van der Waals surface area contributed by atoms with Crippen molar-refractivity contribution in [2.24, 2.45) is 10.7 Å². The first kappa shape index (κ1) is 18.6. The Bertz CT molecular complexity index is 734. The van der Waals surface area contributed by atoms with Crippen LogP contribution in [0.4, 0.5) is 0 Å². The van der Waals surface area contributed by atoms with Crippen molar-refractivity contribution < 1.29 is 5.11 Å². The molecule has 4 N–H and O–H groups in total. The van der Waals surface area contributed by atoms with Crippen molar-refractivity contribution in [3.63, 3.8) is 0 Å². The third kappa shape index (κ3) is 5.13. The molecule has 2 unspecified atom stereocenters. The van der Waals surface area contributed by atoms with E-state index in [0.29, 0.717) is 10.0 Å². The summed E-state index contributed by atoms with van der Waals surface area (Å²) < 4.78 is 0. The van der Waals surface area contributed by atoms with Gasteiger partial charge < -0.3 is 16.2 Å². The molecular weight excluding hydrogens is 345 g/mol. The van der Waals surface area contributed by atoms with Gasteiger partial charge in [-0.1, -0.05) is 59.1 Å². The number of aliphatic hydroxyl groups is 1. The molecule has 2 aromatic carbocycles. The van der Waals surface area contributed by atoms with Gasteiger partial charge in [0.2, 0.25) is 0 Å². The summed E-state index contributed by atoms with van der Waals surface area (Å²) in [5.74, 6) is 0.250. The lowest BCUT2D eigenvalue weighted by molar-refractivity contribution is 0.187. The van der Waals surface area contributed by atoms with E-state index in [2.05, 4.69) is 10.3 Å². The minimum atomic E-state index is -0.695. The summed E-state index contributed by atoms with van der Waals surface area (Å²) in [7, 11) is 0. The van der Waals surface area contributed by atoms with Crippen LogP contribution in [0, 0.1) is 6.92 Å². The standard InChI is InChI=1S/C18H21Cl2N3O/c1-11-4-3-5-13(8-11)17(24)10-22-18(21)23-12(2)15-7-6-14(19)9-16(15)20/h3-9,12,17,24H,10H2,1-2H3,(H3,21,22,23). The van der Waals surface area contributed by atoms with E-state index in [4.69, 9.17) is 28.9 Å². The molecule has 2 rings (SSSR count). The predicted molar refractivity (Wildman–Crippen MR) is 101 cm³/mol. The number of halogens is 2. The Morgan fingerprint density at radius 3 is 2.67 bits per heavy atom. The van der Waals surface area contributed by atoms with Crippen molar-refractivity contribution in [3.05, 3.63) is 69.2 Å². The number of hydrogen-bond donors (Lipinski definition) is 3. The average molecular weight is 366 g/mol. The second-order valence-corrected chi connectivity index (χ2v) is 6.53. The van der Waals surface area contributed by atoms with Crippen LogP contribution in [0.3, 0.4) is 0 Å². The van der Waals surface area contributed by atoms with E-state index in [9.17, 15) is 5.11 Å². The Labute approximate surface area is 152 Å². The molecular formula is C18H21Cl2N3O. The monoisotopic (exact) mass is 365 g/mol. The molecule has 4 nitrogen and oxygen atoms in total. The molecule has 0 saturated heterocycles. The molecule has 128 valence electrons. The highest BCUT2D eigenvalue weighted by atomic mass is 35.5. The highest BCUT2D eigenvalue weighted by Gasteiger charge is 2.11. The molecule has 0 aromatic heterocycles. The zero-order valence-electron chi connectivity index (χ0n) is 13.6. The summed E-state index contributed by atoms with van der Waals surface area (Å²) in [5.41, 5.74) is 8.69. The summed E-state index contributed by atoms with van der Waals surface area (Å²) in [5, 5.41) is 14.4. The zero-order chi connectivity index (χ0) is 17.7. The van der Waals surface area contributed by atoms with Gasteiger partial charge in [-0.05, 0) is 37.1 Å².